The third-order valence-corrected chi connectivity index (χ3v) is 2.34. The van der Waals surface area contributed by atoms with Crippen molar-refractivity contribution in [1.29, 1.82) is 0 Å². The van der Waals surface area contributed by atoms with Gasteiger partial charge < -0.3 is 14.8 Å². The molecule has 1 aromatic heterocycles. The van der Waals surface area contributed by atoms with E-state index in [4.69, 9.17) is 4.74 Å². The quantitative estimate of drug-likeness (QED) is 0.742. The van der Waals surface area contributed by atoms with E-state index in [1.165, 1.54) is 0 Å². The monoisotopic (exact) mass is 205 g/mol. The summed E-state index contributed by atoms with van der Waals surface area (Å²) < 4.78 is 5.09. The van der Waals surface area contributed by atoms with Crippen molar-refractivity contribution in [2.24, 2.45) is 0 Å². The van der Waals surface area contributed by atoms with Gasteiger partial charge in [0.2, 0.25) is 0 Å². The van der Waals surface area contributed by atoms with Crippen LogP contribution < -0.4 is 10.3 Å². The van der Waals surface area contributed by atoms with Gasteiger partial charge in [0, 0.05) is 11.5 Å². The number of hydrogen-bond acceptors (Lipinski definition) is 3. The molecule has 0 saturated carbocycles. The molecule has 78 valence electrons. The van der Waals surface area contributed by atoms with Gasteiger partial charge in [-0.1, -0.05) is 0 Å². The molecule has 0 bridgehead atoms. The van der Waals surface area contributed by atoms with Gasteiger partial charge >= 0.3 is 0 Å². The molecular weight excluding hydrogens is 194 g/mol. The molecule has 2 aromatic rings. The molecule has 0 aliphatic rings. The van der Waals surface area contributed by atoms with Crippen molar-refractivity contribution in [3.63, 3.8) is 0 Å². The minimum atomic E-state index is -0.312. The number of H-pyrrole nitrogens is 1. The van der Waals surface area contributed by atoms with Crippen LogP contribution in [0.5, 0.6) is 11.5 Å². The van der Waals surface area contributed by atoms with Crippen LogP contribution in [0, 0.1) is 6.92 Å². The molecule has 0 aliphatic heterocycles. The Balaban J connectivity index is 2.91. The van der Waals surface area contributed by atoms with E-state index in [1.54, 1.807) is 19.2 Å². The van der Waals surface area contributed by atoms with Crippen molar-refractivity contribution in [3.8, 4) is 11.5 Å². The van der Waals surface area contributed by atoms with Crippen LogP contribution >= 0.6 is 0 Å². The van der Waals surface area contributed by atoms with Crippen LogP contribution in [0.15, 0.2) is 23.0 Å². The number of aryl methyl sites for hydroxylation is 1. The fraction of sp³-hybridized carbons (Fsp3) is 0.182. The molecule has 0 unspecified atom stereocenters. The van der Waals surface area contributed by atoms with Gasteiger partial charge in [0.25, 0.3) is 5.56 Å². The third-order valence-electron chi connectivity index (χ3n) is 2.34. The lowest BCUT2D eigenvalue weighted by molar-refractivity contribution is 0.414. The maximum atomic E-state index is 11.2. The van der Waals surface area contributed by atoms with E-state index in [2.05, 4.69) is 4.98 Å². The summed E-state index contributed by atoms with van der Waals surface area (Å²) in [6.07, 6.45) is 0. The summed E-state index contributed by atoms with van der Waals surface area (Å²) >= 11 is 0. The molecule has 0 fully saturated rings. The molecule has 0 saturated heterocycles. The Morgan fingerprint density at radius 3 is 2.73 bits per heavy atom. The standard InChI is InChI=1S/C11H11NO3/c1-6-3-7(15-2)4-8-9(13)5-10(14)12-11(6)8/h3-5H,1-2H3,(H2,12,13,14). The second-order valence-electron chi connectivity index (χ2n) is 3.39. The zero-order chi connectivity index (χ0) is 11.0. The summed E-state index contributed by atoms with van der Waals surface area (Å²) in [5, 5.41) is 10.2. The number of pyridine rings is 1. The number of nitrogens with one attached hydrogen (secondary N) is 1. The summed E-state index contributed by atoms with van der Waals surface area (Å²) in [6.45, 7) is 1.85. The second kappa shape index (κ2) is 3.31. The molecule has 1 aromatic carbocycles. The maximum Gasteiger partial charge on any atom is 0.252 e. The summed E-state index contributed by atoms with van der Waals surface area (Å²) in [6, 6.07) is 4.65. The Labute approximate surface area is 86.1 Å². The van der Waals surface area contributed by atoms with Gasteiger partial charge in [-0.15, -0.1) is 0 Å². The maximum absolute atomic E-state index is 11.2. The molecule has 1 heterocycles. The molecule has 2 N–H and O–H groups in total. The van der Waals surface area contributed by atoms with Gasteiger partial charge in [0.15, 0.2) is 0 Å². The van der Waals surface area contributed by atoms with Crippen LogP contribution in [0.3, 0.4) is 0 Å². The third kappa shape index (κ3) is 1.54. The number of ether oxygens (including phenoxy) is 1. The number of hydrogen-bond donors (Lipinski definition) is 2. The predicted octanol–water partition coefficient (Wildman–Crippen LogP) is 1.55. The first kappa shape index (κ1) is 9.58. The minimum absolute atomic E-state index is 0.0317. The normalized spacial score (nSPS) is 10.5. The van der Waals surface area contributed by atoms with Crippen molar-refractivity contribution in [1.82, 2.24) is 4.98 Å². The molecule has 0 amide bonds. The zero-order valence-corrected chi connectivity index (χ0v) is 8.50. The summed E-state index contributed by atoms with van der Waals surface area (Å²) in [5.74, 6) is 0.623. The molecule has 0 radical (unpaired) electrons. The molecule has 0 atom stereocenters. The fourth-order valence-electron chi connectivity index (χ4n) is 1.60. The molecule has 4 heteroatoms. The highest BCUT2D eigenvalue weighted by atomic mass is 16.5. The highest BCUT2D eigenvalue weighted by Gasteiger charge is 2.06. The average Bonchev–Trinajstić information content (AvgIpc) is 2.19. The Bertz CT molecular complexity index is 572. The first-order chi connectivity index (χ1) is 7.11. The van der Waals surface area contributed by atoms with Gasteiger partial charge in [0.05, 0.1) is 12.6 Å². The van der Waals surface area contributed by atoms with E-state index in [0.717, 1.165) is 11.6 Å². The molecule has 4 nitrogen and oxygen atoms in total. The smallest absolute Gasteiger partial charge is 0.252 e. The van der Waals surface area contributed by atoms with Crippen molar-refractivity contribution in [2.75, 3.05) is 7.11 Å². The average molecular weight is 205 g/mol. The molecule has 0 aliphatic carbocycles. The SMILES string of the molecule is COc1cc(C)c2[nH]c(=O)cc(O)c2c1. The molecule has 2 rings (SSSR count). The van der Waals surface area contributed by atoms with Crippen LogP contribution in [0.1, 0.15) is 5.56 Å². The molecule has 15 heavy (non-hydrogen) atoms. The van der Waals surface area contributed by atoms with Gasteiger partial charge in [-0.25, -0.2) is 0 Å². The Morgan fingerprint density at radius 2 is 2.07 bits per heavy atom. The van der Waals surface area contributed by atoms with Crippen LogP contribution in [0.25, 0.3) is 10.9 Å². The largest absolute Gasteiger partial charge is 0.507 e. The Morgan fingerprint density at radius 1 is 1.33 bits per heavy atom. The first-order valence-electron chi connectivity index (χ1n) is 4.52. The van der Waals surface area contributed by atoms with E-state index < -0.39 is 0 Å². The number of benzene rings is 1. The van der Waals surface area contributed by atoms with Crippen LogP contribution in [0.4, 0.5) is 0 Å². The number of aromatic hydroxyl groups is 1. The fourth-order valence-corrected chi connectivity index (χ4v) is 1.60. The Kier molecular flexibility index (Phi) is 2.11. The topological polar surface area (TPSA) is 62.3 Å². The van der Waals surface area contributed by atoms with Gasteiger partial charge in [0.1, 0.15) is 11.5 Å². The van der Waals surface area contributed by atoms with Crippen LogP contribution in [-0.2, 0) is 0 Å². The lowest BCUT2D eigenvalue weighted by Crippen LogP contribution is -2.04. The highest BCUT2D eigenvalue weighted by molar-refractivity contribution is 5.88. The molecular formula is C11H11NO3. The number of aromatic amines is 1. The lowest BCUT2D eigenvalue weighted by Gasteiger charge is -2.07. The Hall–Kier alpha value is -1.97. The van der Waals surface area contributed by atoms with Crippen molar-refractivity contribution >= 4 is 10.9 Å². The van der Waals surface area contributed by atoms with Gasteiger partial charge in [-0.3, -0.25) is 4.79 Å². The van der Waals surface area contributed by atoms with Crippen molar-refractivity contribution in [3.05, 3.63) is 34.1 Å². The zero-order valence-electron chi connectivity index (χ0n) is 8.50. The van der Waals surface area contributed by atoms with E-state index in [-0.39, 0.29) is 11.3 Å². The second-order valence-corrected chi connectivity index (χ2v) is 3.39. The number of methoxy groups -OCH3 is 1. The predicted molar refractivity (Wildman–Crippen MR) is 57.5 cm³/mol. The van der Waals surface area contributed by atoms with E-state index in [9.17, 15) is 9.90 Å². The lowest BCUT2D eigenvalue weighted by atomic mass is 10.1. The molecule has 0 spiro atoms. The van der Waals surface area contributed by atoms with Gasteiger partial charge in [-0.05, 0) is 24.6 Å². The minimum Gasteiger partial charge on any atom is -0.507 e. The van der Waals surface area contributed by atoms with Gasteiger partial charge in [-0.2, -0.15) is 0 Å². The highest BCUT2D eigenvalue weighted by Crippen LogP contribution is 2.28. The number of aromatic nitrogens is 1. The summed E-state index contributed by atoms with van der Waals surface area (Å²) in [5.41, 5.74) is 1.19. The van der Waals surface area contributed by atoms with E-state index in [1.807, 2.05) is 6.92 Å². The van der Waals surface area contributed by atoms with Crippen LogP contribution in [-0.4, -0.2) is 17.2 Å². The first-order valence-corrected chi connectivity index (χ1v) is 4.52. The van der Waals surface area contributed by atoms with E-state index in [0.29, 0.717) is 16.7 Å². The number of fused-ring (bicyclic) bond motifs is 1. The van der Waals surface area contributed by atoms with Crippen LogP contribution in [0.2, 0.25) is 0 Å². The number of rotatable bonds is 1. The van der Waals surface area contributed by atoms with Crippen molar-refractivity contribution < 1.29 is 9.84 Å². The van der Waals surface area contributed by atoms with Crippen molar-refractivity contribution in [2.45, 2.75) is 6.92 Å². The summed E-state index contributed by atoms with van der Waals surface area (Å²) in [4.78, 5) is 13.8. The summed E-state index contributed by atoms with van der Waals surface area (Å²) in [7, 11) is 1.56. The van der Waals surface area contributed by atoms with E-state index >= 15 is 0 Å².